The summed E-state index contributed by atoms with van der Waals surface area (Å²) in [7, 11) is 0. The molecule has 0 amide bonds. The lowest BCUT2D eigenvalue weighted by Crippen LogP contribution is -2.11. The van der Waals surface area contributed by atoms with Crippen molar-refractivity contribution in [3.05, 3.63) is 29.6 Å². The first-order valence-corrected chi connectivity index (χ1v) is 5.09. The van der Waals surface area contributed by atoms with Crippen LogP contribution in [-0.4, -0.2) is 10.9 Å². The molecule has 1 nitrogen and oxygen atoms in total. The highest BCUT2D eigenvalue weighted by atomic mass is 35.5. The lowest BCUT2D eigenvalue weighted by Gasteiger charge is -2.19. The van der Waals surface area contributed by atoms with Gasteiger partial charge in [-0.15, -0.1) is 11.6 Å². The van der Waals surface area contributed by atoms with Gasteiger partial charge in [0.05, 0.1) is 0 Å². The third kappa shape index (κ3) is 3.00. The number of aromatic nitrogens is 1. The highest BCUT2D eigenvalue weighted by Crippen LogP contribution is 2.21. The first kappa shape index (κ1) is 10.5. The zero-order valence-electron chi connectivity index (χ0n) is 8.47. The van der Waals surface area contributed by atoms with Gasteiger partial charge < -0.3 is 0 Å². The second-order valence-corrected chi connectivity index (χ2v) is 4.60. The summed E-state index contributed by atoms with van der Waals surface area (Å²) in [5.74, 6) is 0.639. The van der Waals surface area contributed by atoms with Gasteiger partial charge >= 0.3 is 0 Å². The maximum absolute atomic E-state index is 5.66. The molecule has 0 unspecified atom stereocenters. The topological polar surface area (TPSA) is 12.9 Å². The molecule has 1 heterocycles. The second-order valence-electron chi connectivity index (χ2n) is 4.22. The minimum atomic E-state index is 0.198. The SMILES string of the molecule is CC(C)(C)c1ccnc(CCCl)c1. The van der Waals surface area contributed by atoms with Gasteiger partial charge in [-0.05, 0) is 23.1 Å². The Balaban J connectivity index is 2.92. The van der Waals surface area contributed by atoms with Crippen LogP contribution in [0.2, 0.25) is 0 Å². The van der Waals surface area contributed by atoms with Crippen LogP contribution in [0.15, 0.2) is 18.3 Å². The molecule has 0 bridgehead atoms. The monoisotopic (exact) mass is 197 g/mol. The average Bonchev–Trinajstić information content (AvgIpc) is 2.04. The Morgan fingerprint density at radius 3 is 2.62 bits per heavy atom. The molecule has 1 aromatic rings. The number of hydrogen-bond acceptors (Lipinski definition) is 1. The van der Waals surface area contributed by atoms with Gasteiger partial charge in [0.2, 0.25) is 0 Å². The smallest absolute Gasteiger partial charge is 0.0418 e. The van der Waals surface area contributed by atoms with Gasteiger partial charge in [-0.3, -0.25) is 4.98 Å². The summed E-state index contributed by atoms with van der Waals surface area (Å²) in [6, 6.07) is 4.21. The number of hydrogen-bond donors (Lipinski definition) is 0. The molecule has 0 spiro atoms. The Bertz CT molecular complexity index is 276. The fraction of sp³-hybridized carbons (Fsp3) is 0.545. The number of pyridine rings is 1. The zero-order valence-corrected chi connectivity index (χ0v) is 9.23. The van der Waals surface area contributed by atoms with E-state index in [4.69, 9.17) is 11.6 Å². The van der Waals surface area contributed by atoms with Crippen LogP contribution in [0.4, 0.5) is 0 Å². The van der Waals surface area contributed by atoms with Crippen LogP contribution in [0.5, 0.6) is 0 Å². The van der Waals surface area contributed by atoms with Crippen LogP contribution in [0, 0.1) is 0 Å². The summed E-state index contributed by atoms with van der Waals surface area (Å²) >= 11 is 5.66. The van der Waals surface area contributed by atoms with Crippen molar-refractivity contribution in [3.63, 3.8) is 0 Å². The zero-order chi connectivity index (χ0) is 9.90. The molecule has 1 rings (SSSR count). The van der Waals surface area contributed by atoms with E-state index in [9.17, 15) is 0 Å². The molecule has 0 radical (unpaired) electrons. The van der Waals surface area contributed by atoms with Crippen LogP contribution in [0.3, 0.4) is 0 Å². The molecule has 0 atom stereocenters. The molecule has 0 N–H and O–H groups in total. The summed E-state index contributed by atoms with van der Waals surface area (Å²) in [4.78, 5) is 4.26. The quantitative estimate of drug-likeness (QED) is 0.664. The predicted molar refractivity (Wildman–Crippen MR) is 57.4 cm³/mol. The molecular formula is C11H16ClN. The number of alkyl halides is 1. The van der Waals surface area contributed by atoms with E-state index >= 15 is 0 Å². The molecule has 2 heteroatoms. The van der Waals surface area contributed by atoms with Crippen molar-refractivity contribution in [2.24, 2.45) is 0 Å². The lowest BCUT2D eigenvalue weighted by molar-refractivity contribution is 0.588. The normalized spacial score (nSPS) is 11.7. The maximum atomic E-state index is 5.66. The number of rotatable bonds is 2. The van der Waals surface area contributed by atoms with Gasteiger partial charge in [-0.1, -0.05) is 20.8 Å². The number of aryl methyl sites for hydroxylation is 1. The molecule has 0 aromatic carbocycles. The van der Waals surface area contributed by atoms with E-state index < -0.39 is 0 Å². The van der Waals surface area contributed by atoms with Crippen LogP contribution >= 0.6 is 11.6 Å². The molecule has 0 aliphatic rings. The molecule has 0 saturated carbocycles. The number of halogens is 1. The van der Waals surface area contributed by atoms with Gasteiger partial charge in [0.15, 0.2) is 0 Å². The van der Waals surface area contributed by atoms with Crippen LogP contribution in [0.25, 0.3) is 0 Å². The van der Waals surface area contributed by atoms with Gasteiger partial charge in [-0.25, -0.2) is 0 Å². The van der Waals surface area contributed by atoms with Crippen LogP contribution < -0.4 is 0 Å². The predicted octanol–water partition coefficient (Wildman–Crippen LogP) is 3.16. The molecule has 13 heavy (non-hydrogen) atoms. The second kappa shape index (κ2) is 4.10. The van der Waals surface area contributed by atoms with Gasteiger partial charge in [0, 0.05) is 24.2 Å². The Morgan fingerprint density at radius 1 is 1.38 bits per heavy atom. The summed E-state index contributed by atoms with van der Waals surface area (Å²) in [6.07, 6.45) is 2.72. The molecule has 0 aliphatic heterocycles. The fourth-order valence-electron chi connectivity index (χ4n) is 1.18. The summed E-state index contributed by atoms with van der Waals surface area (Å²) in [6.45, 7) is 6.60. The molecular weight excluding hydrogens is 182 g/mol. The van der Waals surface area contributed by atoms with Crippen molar-refractivity contribution < 1.29 is 0 Å². The van der Waals surface area contributed by atoms with Crippen molar-refractivity contribution in [1.82, 2.24) is 4.98 Å². The molecule has 0 fully saturated rings. The third-order valence-corrected chi connectivity index (χ3v) is 2.22. The van der Waals surface area contributed by atoms with Crippen molar-refractivity contribution in [2.75, 3.05) is 5.88 Å². The van der Waals surface area contributed by atoms with Crippen molar-refractivity contribution in [2.45, 2.75) is 32.6 Å². The largest absolute Gasteiger partial charge is 0.261 e. The first-order valence-electron chi connectivity index (χ1n) is 4.55. The van der Waals surface area contributed by atoms with Gasteiger partial charge in [0.25, 0.3) is 0 Å². The Kier molecular flexibility index (Phi) is 3.32. The highest BCUT2D eigenvalue weighted by Gasteiger charge is 2.13. The van der Waals surface area contributed by atoms with Crippen molar-refractivity contribution >= 4 is 11.6 Å². The molecule has 0 aliphatic carbocycles. The van der Waals surface area contributed by atoms with Crippen LogP contribution in [-0.2, 0) is 11.8 Å². The van der Waals surface area contributed by atoms with Crippen LogP contribution in [0.1, 0.15) is 32.0 Å². The first-order chi connectivity index (χ1) is 6.04. The van der Waals surface area contributed by atoms with Gasteiger partial charge in [-0.2, -0.15) is 0 Å². The van der Waals surface area contributed by atoms with E-state index in [-0.39, 0.29) is 5.41 Å². The van der Waals surface area contributed by atoms with E-state index in [1.165, 1.54) is 5.56 Å². The van der Waals surface area contributed by atoms with E-state index in [1.54, 1.807) is 0 Å². The minimum Gasteiger partial charge on any atom is -0.261 e. The third-order valence-electron chi connectivity index (χ3n) is 2.03. The number of nitrogens with zero attached hydrogens (tertiary/aromatic N) is 1. The summed E-state index contributed by atoms with van der Waals surface area (Å²) < 4.78 is 0. The Morgan fingerprint density at radius 2 is 2.08 bits per heavy atom. The molecule has 1 aromatic heterocycles. The van der Waals surface area contributed by atoms with E-state index in [0.29, 0.717) is 5.88 Å². The fourth-order valence-corrected chi connectivity index (χ4v) is 1.37. The maximum Gasteiger partial charge on any atom is 0.0418 e. The van der Waals surface area contributed by atoms with Gasteiger partial charge in [0.1, 0.15) is 0 Å². The summed E-state index contributed by atoms with van der Waals surface area (Å²) in [5.41, 5.74) is 2.61. The molecule has 0 saturated heterocycles. The van der Waals surface area contributed by atoms with E-state index in [1.807, 2.05) is 6.20 Å². The minimum absolute atomic E-state index is 0.198. The highest BCUT2D eigenvalue weighted by molar-refractivity contribution is 6.17. The van der Waals surface area contributed by atoms with Crippen molar-refractivity contribution in [1.29, 1.82) is 0 Å². The Labute approximate surface area is 85.1 Å². The Hall–Kier alpha value is -0.560. The average molecular weight is 198 g/mol. The standard InChI is InChI=1S/C11H16ClN/c1-11(2,3)9-5-7-13-10(8-9)4-6-12/h5,7-8H,4,6H2,1-3H3. The molecule has 72 valence electrons. The van der Waals surface area contributed by atoms with Crippen molar-refractivity contribution in [3.8, 4) is 0 Å². The summed E-state index contributed by atoms with van der Waals surface area (Å²) in [5, 5.41) is 0. The lowest BCUT2D eigenvalue weighted by atomic mass is 9.87. The van der Waals surface area contributed by atoms with E-state index in [2.05, 4.69) is 37.9 Å². The van der Waals surface area contributed by atoms with E-state index in [0.717, 1.165) is 12.1 Å².